The van der Waals surface area contributed by atoms with Crippen molar-refractivity contribution in [2.45, 2.75) is 39.3 Å². The van der Waals surface area contributed by atoms with Crippen LogP contribution in [0.3, 0.4) is 0 Å². The SMILES string of the molecule is Cc1cc(C(=O)COC(=O)CCc2nc3ccccc3s2)c(C)n1CC1COc2ccccc2O1. The Labute approximate surface area is 207 Å². The maximum absolute atomic E-state index is 12.8. The highest BCUT2D eigenvalue weighted by molar-refractivity contribution is 7.18. The number of carbonyl (C=O) groups is 2. The van der Waals surface area contributed by atoms with E-state index in [1.807, 2.05) is 73.0 Å². The number of Topliss-reactive ketones (excluding diaryl/α,β-unsaturated/α-hetero) is 1. The van der Waals surface area contributed by atoms with Crippen molar-refractivity contribution in [3.8, 4) is 11.5 Å². The molecule has 35 heavy (non-hydrogen) atoms. The normalized spacial score (nSPS) is 14.7. The molecule has 1 atom stereocenters. The standard InChI is InChI=1S/C27H26N2O5S/c1-17-13-20(18(2)29(17)14-19-15-32-23-8-4-5-9-24(23)34-19)22(30)16-33-27(31)12-11-26-28-21-7-3-6-10-25(21)35-26/h3-10,13,19H,11-12,14-16H2,1-2H3. The third-order valence-electron chi connectivity index (χ3n) is 6.07. The Kier molecular flexibility index (Phi) is 6.55. The van der Waals surface area contributed by atoms with Gasteiger partial charge >= 0.3 is 5.97 Å². The number of thiazole rings is 1. The summed E-state index contributed by atoms with van der Waals surface area (Å²) in [6, 6.07) is 17.3. The number of aryl methyl sites for hydroxylation is 2. The number of ketones is 1. The van der Waals surface area contributed by atoms with Crippen LogP contribution in [0.15, 0.2) is 54.6 Å². The van der Waals surface area contributed by atoms with E-state index in [0.717, 1.165) is 38.1 Å². The van der Waals surface area contributed by atoms with Gasteiger partial charge < -0.3 is 18.8 Å². The van der Waals surface area contributed by atoms with Crippen molar-refractivity contribution in [1.29, 1.82) is 0 Å². The van der Waals surface area contributed by atoms with Gasteiger partial charge in [0, 0.05) is 23.4 Å². The van der Waals surface area contributed by atoms with Crippen LogP contribution in [-0.2, 0) is 22.5 Å². The lowest BCUT2D eigenvalue weighted by atomic mass is 10.1. The van der Waals surface area contributed by atoms with Crippen molar-refractivity contribution in [3.05, 3.63) is 76.6 Å². The molecule has 1 aliphatic rings. The fourth-order valence-corrected chi connectivity index (χ4v) is 5.22. The van der Waals surface area contributed by atoms with E-state index in [4.69, 9.17) is 14.2 Å². The summed E-state index contributed by atoms with van der Waals surface area (Å²) >= 11 is 1.57. The summed E-state index contributed by atoms with van der Waals surface area (Å²) in [6.07, 6.45) is 0.512. The molecule has 0 bridgehead atoms. The topological polar surface area (TPSA) is 79.7 Å². The minimum atomic E-state index is -0.405. The number of hydrogen-bond donors (Lipinski definition) is 0. The van der Waals surface area contributed by atoms with Crippen molar-refractivity contribution in [1.82, 2.24) is 9.55 Å². The second kappa shape index (κ2) is 9.92. The first kappa shape index (κ1) is 23.1. The van der Waals surface area contributed by atoms with Crippen LogP contribution in [0, 0.1) is 13.8 Å². The van der Waals surface area contributed by atoms with E-state index < -0.39 is 5.97 Å². The molecule has 0 N–H and O–H groups in total. The molecule has 1 unspecified atom stereocenters. The van der Waals surface area contributed by atoms with Gasteiger partial charge in [-0.1, -0.05) is 24.3 Å². The summed E-state index contributed by atoms with van der Waals surface area (Å²) in [5, 5.41) is 0.884. The molecule has 2 aromatic carbocycles. The quantitative estimate of drug-likeness (QED) is 0.258. The zero-order chi connectivity index (χ0) is 24.4. The summed E-state index contributed by atoms with van der Waals surface area (Å²) in [7, 11) is 0. The molecule has 8 heteroatoms. The minimum absolute atomic E-state index is 0.169. The molecule has 180 valence electrons. The summed E-state index contributed by atoms with van der Waals surface area (Å²) in [6.45, 7) is 4.56. The molecule has 1 aliphatic heterocycles. The third-order valence-corrected chi connectivity index (χ3v) is 7.17. The molecule has 0 radical (unpaired) electrons. The number of esters is 1. The number of benzene rings is 2. The van der Waals surface area contributed by atoms with Gasteiger partial charge in [-0.15, -0.1) is 11.3 Å². The number of nitrogens with zero attached hydrogens (tertiary/aromatic N) is 2. The zero-order valence-corrected chi connectivity index (χ0v) is 20.5. The van der Waals surface area contributed by atoms with Crippen LogP contribution in [0.25, 0.3) is 10.2 Å². The van der Waals surface area contributed by atoms with Gasteiger partial charge in [0.1, 0.15) is 6.61 Å². The minimum Gasteiger partial charge on any atom is -0.486 e. The second-order valence-corrected chi connectivity index (χ2v) is 9.67. The highest BCUT2D eigenvalue weighted by Crippen LogP contribution is 2.31. The van der Waals surface area contributed by atoms with Crippen LogP contribution in [-0.4, -0.2) is 40.6 Å². The summed E-state index contributed by atoms with van der Waals surface area (Å²) in [4.78, 5) is 29.6. The Balaban J connectivity index is 1.15. The van der Waals surface area contributed by atoms with Gasteiger partial charge in [0.15, 0.2) is 24.2 Å². The van der Waals surface area contributed by atoms with E-state index in [9.17, 15) is 9.59 Å². The Morgan fingerprint density at radius 2 is 1.89 bits per heavy atom. The maximum Gasteiger partial charge on any atom is 0.306 e. The first-order chi connectivity index (χ1) is 17.0. The average Bonchev–Trinajstić information content (AvgIpc) is 3.41. The van der Waals surface area contributed by atoms with Crippen molar-refractivity contribution in [2.75, 3.05) is 13.2 Å². The molecular formula is C27H26N2O5S. The van der Waals surface area contributed by atoms with Crippen molar-refractivity contribution >= 4 is 33.3 Å². The lowest BCUT2D eigenvalue weighted by Crippen LogP contribution is -2.33. The molecule has 3 heterocycles. The predicted octanol–water partition coefficient (Wildman–Crippen LogP) is 4.91. The van der Waals surface area contributed by atoms with E-state index in [0.29, 0.717) is 25.1 Å². The van der Waals surface area contributed by atoms with Crippen LogP contribution in [0.5, 0.6) is 11.5 Å². The third kappa shape index (κ3) is 5.07. The predicted molar refractivity (Wildman–Crippen MR) is 133 cm³/mol. The Hall–Kier alpha value is -3.65. The molecule has 0 spiro atoms. The molecule has 5 rings (SSSR count). The van der Waals surface area contributed by atoms with E-state index in [1.165, 1.54) is 0 Å². The van der Waals surface area contributed by atoms with Gasteiger partial charge in [-0.25, -0.2) is 4.98 Å². The number of fused-ring (bicyclic) bond motifs is 2. The largest absolute Gasteiger partial charge is 0.486 e. The van der Waals surface area contributed by atoms with Crippen LogP contribution in [0.1, 0.15) is 33.2 Å². The Morgan fingerprint density at radius 3 is 2.71 bits per heavy atom. The van der Waals surface area contributed by atoms with Crippen LogP contribution in [0.4, 0.5) is 0 Å². The monoisotopic (exact) mass is 490 g/mol. The van der Waals surface area contributed by atoms with E-state index in [1.54, 1.807) is 11.3 Å². The Morgan fingerprint density at radius 1 is 1.11 bits per heavy atom. The zero-order valence-electron chi connectivity index (χ0n) is 19.7. The summed E-state index contributed by atoms with van der Waals surface area (Å²) in [5.41, 5.74) is 3.25. The highest BCUT2D eigenvalue weighted by atomic mass is 32.1. The lowest BCUT2D eigenvalue weighted by molar-refractivity contribution is -0.142. The smallest absolute Gasteiger partial charge is 0.306 e. The highest BCUT2D eigenvalue weighted by Gasteiger charge is 2.24. The van der Waals surface area contributed by atoms with E-state index in [2.05, 4.69) is 4.98 Å². The van der Waals surface area contributed by atoms with Gasteiger partial charge in [-0.3, -0.25) is 9.59 Å². The fourth-order valence-electron chi connectivity index (χ4n) is 4.25. The van der Waals surface area contributed by atoms with Crippen LogP contribution < -0.4 is 9.47 Å². The lowest BCUT2D eigenvalue weighted by Gasteiger charge is -2.27. The fraction of sp³-hybridized carbons (Fsp3) is 0.296. The van der Waals surface area contributed by atoms with Gasteiger partial charge in [-0.2, -0.15) is 0 Å². The van der Waals surface area contributed by atoms with Crippen LogP contribution >= 0.6 is 11.3 Å². The van der Waals surface area contributed by atoms with Crippen molar-refractivity contribution in [3.63, 3.8) is 0 Å². The number of hydrogen-bond acceptors (Lipinski definition) is 7. The molecule has 0 saturated heterocycles. The van der Waals surface area contributed by atoms with Crippen LogP contribution in [0.2, 0.25) is 0 Å². The summed E-state index contributed by atoms with van der Waals surface area (Å²) < 4.78 is 20.3. The number of ether oxygens (including phenoxy) is 3. The Bertz CT molecular complexity index is 1360. The number of carbonyl (C=O) groups excluding carboxylic acids is 2. The molecule has 0 aliphatic carbocycles. The van der Waals surface area contributed by atoms with Gasteiger partial charge in [0.25, 0.3) is 0 Å². The second-order valence-electron chi connectivity index (χ2n) is 8.55. The summed E-state index contributed by atoms with van der Waals surface area (Å²) in [5.74, 6) is 0.840. The van der Waals surface area contributed by atoms with Gasteiger partial charge in [0.2, 0.25) is 5.78 Å². The first-order valence-electron chi connectivity index (χ1n) is 11.6. The molecule has 7 nitrogen and oxygen atoms in total. The maximum atomic E-state index is 12.8. The molecular weight excluding hydrogens is 464 g/mol. The molecule has 2 aromatic heterocycles. The van der Waals surface area contributed by atoms with E-state index in [-0.39, 0.29) is 24.9 Å². The number of rotatable bonds is 8. The van der Waals surface area contributed by atoms with Crippen molar-refractivity contribution < 1.29 is 23.8 Å². The first-order valence-corrected chi connectivity index (χ1v) is 12.4. The molecule has 0 fully saturated rings. The average molecular weight is 491 g/mol. The van der Waals surface area contributed by atoms with E-state index >= 15 is 0 Å². The molecule has 4 aromatic rings. The van der Waals surface area contributed by atoms with Crippen molar-refractivity contribution in [2.24, 2.45) is 0 Å². The number of aromatic nitrogens is 2. The van der Waals surface area contributed by atoms with Gasteiger partial charge in [-0.05, 0) is 44.2 Å². The molecule has 0 amide bonds. The molecule has 0 saturated carbocycles. The number of para-hydroxylation sites is 3. The van der Waals surface area contributed by atoms with Gasteiger partial charge in [0.05, 0.1) is 28.2 Å².